The van der Waals surface area contributed by atoms with E-state index in [2.05, 4.69) is 45.2 Å². The Morgan fingerprint density at radius 3 is 2.53 bits per heavy atom. The first kappa shape index (κ1) is 18.6. The fourth-order valence-electron chi connectivity index (χ4n) is 3.36. The zero-order valence-electron chi connectivity index (χ0n) is 16.4. The highest BCUT2D eigenvalue weighted by Crippen LogP contribution is 2.25. The van der Waals surface area contributed by atoms with Gasteiger partial charge in [0.1, 0.15) is 17.5 Å². The summed E-state index contributed by atoms with van der Waals surface area (Å²) in [6.07, 6.45) is 9.06. The maximum absolute atomic E-state index is 4.71. The van der Waals surface area contributed by atoms with Crippen molar-refractivity contribution in [2.75, 3.05) is 47.6 Å². The maximum Gasteiger partial charge on any atom is 0.225 e. The van der Waals surface area contributed by atoms with Gasteiger partial charge in [-0.15, -0.1) is 0 Å². The number of anilines is 4. The number of H-pyrrole nitrogens is 1. The Hall–Kier alpha value is -3.47. The Labute approximate surface area is 177 Å². The van der Waals surface area contributed by atoms with Gasteiger partial charge in [0.05, 0.1) is 17.9 Å². The minimum atomic E-state index is 0.714. The molecule has 30 heavy (non-hydrogen) atoms. The maximum atomic E-state index is 4.71. The van der Waals surface area contributed by atoms with Crippen molar-refractivity contribution in [3.8, 4) is 0 Å². The van der Waals surface area contributed by atoms with Crippen LogP contribution in [0.5, 0.6) is 0 Å². The molecule has 1 saturated heterocycles. The van der Waals surface area contributed by atoms with Crippen molar-refractivity contribution in [2.24, 2.45) is 0 Å². The van der Waals surface area contributed by atoms with Crippen LogP contribution in [-0.2, 0) is 0 Å². The Kier molecular flexibility index (Phi) is 5.01. The summed E-state index contributed by atoms with van der Waals surface area (Å²) in [5.41, 5.74) is 0.897. The molecule has 0 atom stereocenters. The average molecular weight is 421 g/mol. The lowest BCUT2D eigenvalue weighted by Crippen LogP contribution is -2.47. The number of nitrogens with one attached hydrogen (secondary N) is 2. The van der Waals surface area contributed by atoms with E-state index in [9.17, 15) is 0 Å². The van der Waals surface area contributed by atoms with Crippen molar-refractivity contribution in [1.29, 1.82) is 0 Å². The Morgan fingerprint density at radius 2 is 1.73 bits per heavy atom. The van der Waals surface area contributed by atoms with Gasteiger partial charge in [-0.25, -0.2) is 24.9 Å². The number of nitrogens with zero attached hydrogens (tertiary/aromatic N) is 8. The normalized spacial score (nSPS) is 14.3. The molecule has 1 aliphatic rings. The number of hydrogen-bond acceptors (Lipinski definition) is 10. The summed E-state index contributed by atoms with van der Waals surface area (Å²) in [5.74, 6) is 3.10. The van der Waals surface area contributed by atoms with Crippen LogP contribution in [0.4, 0.5) is 23.4 Å². The molecule has 1 fully saturated rings. The molecule has 2 N–H and O–H groups in total. The quantitative estimate of drug-likeness (QED) is 0.368. The summed E-state index contributed by atoms with van der Waals surface area (Å²) >= 11 is 1.52. The van der Waals surface area contributed by atoms with E-state index in [1.807, 2.05) is 24.5 Å². The molecule has 0 unspecified atom stereocenters. The number of pyridine rings is 1. The summed E-state index contributed by atoms with van der Waals surface area (Å²) in [7, 11) is 0. The molecule has 0 amide bonds. The van der Waals surface area contributed by atoms with Crippen molar-refractivity contribution in [2.45, 2.75) is 5.16 Å². The number of rotatable bonds is 5. The van der Waals surface area contributed by atoms with Gasteiger partial charge in [-0.2, -0.15) is 5.10 Å². The van der Waals surface area contributed by atoms with Crippen LogP contribution in [0, 0.1) is 0 Å². The smallest absolute Gasteiger partial charge is 0.225 e. The minimum absolute atomic E-state index is 0.714. The van der Waals surface area contributed by atoms with E-state index in [0.29, 0.717) is 16.8 Å². The molecule has 0 aromatic carbocycles. The first-order valence-electron chi connectivity index (χ1n) is 9.54. The van der Waals surface area contributed by atoms with Crippen LogP contribution in [0.2, 0.25) is 0 Å². The third-order valence-corrected chi connectivity index (χ3v) is 5.44. The molecule has 0 saturated carbocycles. The Balaban J connectivity index is 1.34. The Morgan fingerprint density at radius 1 is 0.933 bits per heavy atom. The number of piperazine rings is 1. The molecular weight excluding hydrogens is 400 g/mol. The highest BCUT2D eigenvalue weighted by molar-refractivity contribution is 7.98. The van der Waals surface area contributed by atoms with Crippen LogP contribution in [0.3, 0.4) is 0 Å². The lowest BCUT2D eigenvalue weighted by atomic mass is 10.3. The van der Waals surface area contributed by atoms with Gasteiger partial charge in [0.25, 0.3) is 0 Å². The van der Waals surface area contributed by atoms with E-state index in [1.165, 1.54) is 11.8 Å². The molecule has 1 aliphatic heterocycles. The number of hydrogen-bond donors (Lipinski definition) is 2. The van der Waals surface area contributed by atoms with Gasteiger partial charge < -0.3 is 15.1 Å². The second kappa shape index (κ2) is 8.11. The summed E-state index contributed by atoms with van der Waals surface area (Å²) in [4.78, 5) is 26.9. The van der Waals surface area contributed by atoms with Crippen LogP contribution < -0.4 is 15.1 Å². The zero-order valence-corrected chi connectivity index (χ0v) is 17.2. The van der Waals surface area contributed by atoms with E-state index in [1.54, 1.807) is 24.8 Å². The standard InChI is InChI=1S/C19H20N10S/c1-30-19-25-16(24-15-9-13-11-23-27-14(13)12-22-15)10-17(26-19)28-5-7-29(8-6-28)18-20-3-2-4-21-18/h2-4,9-12H,5-8H2,1H3,(H,23,27)(H,22,24,25,26). The molecule has 152 valence electrons. The average Bonchev–Trinajstić information content (AvgIpc) is 3.27. The second-order valence-electron chi connectivity index (χ2n) is 6.77. The van der Waals surface area contributed by atoms with Crippen molar-refractivity contribution >= 4 is 46.1 Å². The molecule has 4 aromatic rings. The summed E-state index contributed by atoms with van der Waals surface area (Å²) in [6, 6.07) is 5.74. The van der Waals surface area contributed by atoms with Gasteiger partial charge in [-0.3, -0.25) is 5.10 Å². The lowest BCUT2D eigenvalue weighted by Gasteiger charge is -2.35. The van der Waals surface area contributed by atoms with Crippen LogP contribution >= 0.6 is 11.8 Å². The van der Waals surface area contributed by atoms with Gasteiger partial charge in [0.2, 0.25) is 5.95 Å². The molecule has 0 aliphatic carbocycles. The van der Waals surface area contributed by atoms with E-state index in [0.717, 1.165) is 48.8 Å². The molecule has 4 aromatic heterocycles. The number of thioether (sulfide) groups is 1. The summed E-state index contributed by atoms with van der Waals surface area (Å²) in [5, 5.41) is 12.0. The minimum Gasteiger partial charge on any atom is -0.353 e. The van der Waals surface area contributed by atoms with Gasteiger partial charge in [-0.1, -0.05) is 11.8 Å². The predicted octanol–water partition coefficient (Wildman–Crippen LogP) is 2.33. The number of aromatic amines is 1. The van der Waals surface area contributed by atoms with E-state index >= 15 is 0 Å². The van der Waals surface area contributed by atoms with Crippen LogP contribution in [0.25, 0.3) is 10.9 Å². The predicted molar refractivity (Wildman–Crippen MR) is 117 cm³/mol. The number of fused-ring (bicyclic) bond motifs is 1. The van der Waals surface area contributed by atoms with E-state index < -0.39 is 0 Å². The summed E-state index contributed by atoms with van der Waals surface area (Å²) in [6.45, 7) is 3.34. The summed E-state index contributed by atoms with van der Waals surface area (Å²) < 4.78 is 0. The molecule has 0 spiro atoms. The van der Waals surface area contributed by atoms with Crippen LogP contribution in [0.1, 0.15) is 0 Å². The first-order valence-corrected chi connectivity index (χ1v) is 10.8. The van der Waals surface area contributed by atoms with Crippen molar-refractivity contribution in [1.82, 2.24) is 35.1 Å². The molecule has 10 nitrogen and oxygen atoms in total. The third kappa shape index (κ3) is 3.83. The molecule has 5 rings (SSSR count). The fourth-order valence-corrected chi connectivity index (χ4v) is 3.74. The van der Waals surface area contributed by atoms with Gasteiger partial charge >= 0.3 is 0 Å². The monoisotopic (exact) mass is 420 g/mol. The van der Waals surface area contributed by atoms with Crippen LogP contribution in [0.15, 0.2) is 48.1 Å². The van der Waals surface area contributed by atoms with Crippen molar-refractivity contribution in [3.63, 3.8) is 0 Å². The zero-order chi connectivity index (χ0) is 20.3. The largest absolute Gasteiger partial charge is 0.353 e. The van der Waals surface area contributed by atoms with Gasteiger partial charge in [-0.05, 0) is 18.4 Å². The molecule has 11 heteroatoms. The SMILES string of the molecule is CSc1nc(Nc2cc3cn[nH]c3cn2)cc(N2CCN(c3ncccn3)CC2)n1. The van der Waals surface area contributed by atoms with Crippen LogP contribution in [-0.4, -0.2) is 67.6 Å². The van der Waals surface area contributed by atoms with Gasteiger partial charge in [0, 0.05) is 50.0 Å². The molecular formula is C19H20N10S. The van der Waals surface area contributed by atoms with E-state index in [4.69, 9.17) is 4.98 Å². The van der Waals surface area contributed by atoms with E-state index in [-0.39, 0.29) is 0 Å². The topological polar surface area (TPSA) is 112 Å². The number of aromatic nitrogens is 7. The molecule has 5 heterocycles. The van der Waals surface area contributed by atoms with Crippen molar-refractivity contribution < 1.29 is 0 Å². The first-order chi connectivity index (χ1) is 14.8. The lowest BCUT2D eigenvalue weighted by molar-refractivity contribution is 0.631. The third-order valence-electron chi connectivity index (χ3n) is 4.89. The molecule has 0 bridgehead atoms. The van der Waals surface area contributed by atoms with Gasteiger partial charge in [0.15, 0.2) is 5.16 Å². The fraction of sp³-hybridized carbons (Fsp3) is 0.263. The highest BCUT2D eigenvalue weighted by Gasteiger charge is 2.21. The second-order valence-corrected chi connectivity index (χ2v) is 7.55. The highest BCUT2D eigenvalue weighted by atomic mass is 32.2. The Bertz CT molecular complexity index is 1140. The molecule has 0 radical (unpaired) electrons. The van der Waals surface area contributed by atoms with Crippen molar-refractivity contribution in [3.05, 3.63) is 43.0 Å².